The second-order valence-corrected chi connectivity index (χ2v) is 5.82. The average Bonchev–Trinajstić information content (AvgIpc) is 2.41. The van der Waals surface area contributed by atoms with E-state index in [4.69, 9.17) is 10.5 Å². The van der Waals surface area contributed by atoms with E-state index in [1.54, 1.807) is 24.3 Å². The van der Waals surface area contributed by atoms with Crippen molar-refractivity contribution in [2.24, 2.45) is 0 Å². The minimum Gasteiger partial charge on any atom is -0.493 e. The van der Waals surface area contributed by atoms with Crippen molar-refractivity contribution in [1.82, 2.24) is 5.32 Å². The number of nitrogen functional groups attached to an aromatic ring is 1. The zero-order chi connectivity index (χ0) is 14.1. The van der Waals surface area contributed by atoms with Gasteiger partial charge in [0.1, 0.15) is 5.75 Å². The van der Waals surface area contributed by atoms with Crippen molar-refractivity contribution < 1.29 is 13.7 Å². The molecule has 1 unspecified atom stereocenters. The van der Waals surface area contributed by atoms with Crippen molar-refractivity contribution in [3.05, 3.63) is 24.3 Å². The summed E-state index contributed by atoms with van der Waals surface area (Å²) in [5.41, 5.74) is 6.22. The van der Waals surface area contributed by atoms with Crippen LogP contribution in [0, 0.1) is 0 Å². The third-order valence-electron chi connectivity index (χ3n) is 2.45. The second kappa shape index (κ2) is 8.53. The molecule has 0 saturated heterocycles. The Kier molecular flexibility index (Phi) is 6.95. The number of benzene rings is 1. The molecule has 1 aromatic rings. The van der Waals surface area contributed by atoms with E-state index in [1.807, 2.05) is 6.92 Å². The van der Waals surface area contributed by atoms with Crippen molar-refractivity contribution in [3.8, 4) is 5.75 Å². The van der Waals surface area contributed by atoms with E-state index in [-0.39, 0.29) is 12.3 Å². The number of anilines is 1. The van der Waals surface area contributed by atoms with Crippen molar-refractivity contribution in [3.63, 3.8) is 0 Å². The summed E-state index contributed by atoms with van der Waals surface area (Å²) in [4.78, 5) is 11.4. The summed E-state index contributed by atoms with van der Waals surface area (Å²) >= 11 is 0. The SMILES string of the molecule is CCS(=O)CCNC(=O)CCOc1ccc(N)cc1. The molecule has 1 rings (SSSR count). The summed E-state index contributed by atoms with van der Waals surface area (Å²) in [6.45, 7) is 2.62. The molecule has 1 amide bonds. The van der Waals surface area contributed by atoms with Crippen LogP contribution < -0.4 is 15.8 Å². The van der Waals surface area contributed by atoms with Gasteiger partial charge in [-0.15, -0.1) is 0 Å². The number of carbonyl (C=O) groups is 1. The number of nitrogens with one attached hydrogen (secondary N) is 1. The standard InChI is InChI=1S/C13H20N2O3S/c1-2-19(17)10-8-15-13(16)7-9-18-12-5-3-11(14)4-6-12/h3-6H,2,7-10,14H2,1H3,(H,15,16). The highest BCUT2D eigenvalue weighted by Crippen LogP contribution is 2.12. The predicted molar refractivity (Wildman–Crippen MR) is 77.5 cm³/mol. The lowest BCUT2D eigenvalue weighted by Gasteiger charge is -2.07. The molecule has 1 aromatic carbocycles. The number of nitrogens with two attached hydrogens (primary N) is 1. The fourth-order valence-electron chi connectivity index (χ4n) is 1.36. The van der Waals surface area contributed by atoms with Gasteiger partial charge >= 0.3 is 0 Å². The maximum Gasteiger partial charge on any atom is 0.223 e. The van der Waals surface area contributed by atoms with Crippen molar-refractivity contribution in [1.29, 1.82) is 0 Å². The number of rotatable bonds is 8. The van der Waals surface area contributed by atoms with Crippen LogP contribution in [-0.4, -0.2) is 34.8 Å². The lowest BCUT2D eigenvalue weighted by atomic mass is 10.3. The number of hydrogen-bond donors (Lipinski definition) is 2. The Hall–Kier alpha value is -1.56. The Labute approximate surface area is 116 Å². The van der Waals surface area contributed by atoms with E-state index in [9.17, 15) is 9.00 Å². The van der Waals surface area contributed by atoms with E-state index in [2.05, 4.69) is 5.32 Å². The first-order valence-corrected chi connectivity index (χ1v) is 7.70. The van der Waals surface area contributed by atoms with Crippen LogP contribution in [-0.2, 0) is 15.6 Å². The number of ether oxygens (including phenoxy) is 1. The van der Waals surface area contributed by atoms with Crippen molar-refractivity contribution in [2.75, 3.05) is 30.4 Å². The zero-order valence-corrected chi connectivity index (χ0v) is 11.9. The summed E-state index contributed by atoms with van der Waals surface area (Å²) in [5.74, 6) is 1.72. The number of carbonyl (C=O) groups excluding carboxylic acids is 1. The smallest absolute Gasteiger partial charge is 0.223 e. The van der Waals surface area contributed by atoms with Crippen LogP contribution in [0.1, 0.15) is 13.3 Å². The molecule has 0 bridgehead atoms. The van der Waals surface area contributed by atoms with Gasteiger partial charge in [0.05, 0.1) is 13.0 Å². The highest BCUT2D eigenvalue weighted by molar-refractivity contribution is 7.84. The van der Waals surface area contributed by atoms with Crippen LogP contribution in [0.3, 0.4) is 0 Å². The van der Waals surface area contributed by atoms with Crippen molar-refractivity contribution in [2.45, 2.75) is 13.3 Å². The molecule has 0 aliphatic heterocycles. The van der Waals surface area contributed by atoms with Crippen molar-refractivity contribution >= 4 is 22.4 Å². The van der Waals surface area contributed by atoms with E-state index in [0.29, 0.717) is 36.1 Å². The maximum absolute atomic E-state index is 11.4. The fourth-order valence-corrected chi connectivity index (χ4v) is 1.98. The van der Waals surface area contributed by atoms with Crippen LogP contribution >= 0.6 is 0 Å². The highest BCUT2D eigenvalue weighted by Gasteiger charge is 2.02. The number of amides is 1. The molecule has 6 heteroatoms. The van der Waals surface area contributed by atoms with E-state index >= 15 is 0 Å². The minimum atomic E-state index is -0.839. The largest absolute Gasteiger partial charge is 0.493 e. The van der Waals surface area contributed by atoms with E-state index in [1.165, 1.54) is 0 Å². The summed E-state index contributed by atoms with van der Waals surface area (Å²) < 4.78 is 16.5. The van der Waals surface area contributed by atoms with Gasteiger partial charge in [-0.1, -0.05) is 6.92 Å². The summed E-state index contributed by atoms with van der Waals surface area (Å²) in [6.07, 6.45) is 0.281. The fraction of sp³-hybridized carbons (Fsp3) is 0.462. The molecule has 0 aromatic heterocycles. The first-order valence-electron chi connectivity index (χ1n) is 6.22. The summed E-state index contributed by atoms with van der Waals surface area (Å²) in [6, 6.07) is 7.01. The van der Waals surface area contributed by atoms with Gasteiger partial charge in [-0.05, 0) is 24.3 Å². The highest BCUT2D eigenvalue weighted by atomic mass is 32.2. The molecule has 106 valence electrons. The minimum absolute atomic E-state index is 0.0939. The molecule has 0 fully saturated rings. The Bertz CT molecular complexity index is 420. The zero-order valence-electron chi connectivity index (χ0n) is 11.1. The van der Waals surface area contributed by atoms with Crippen LogP contribution in [0.5, 0.6) is 5.75 Å². The molecule has 5 nitrogen and oxygen atoms in total. The molecule has 0 aliphatic rings. The Morgan fingerprint density at radius 1 is 1.37 bits per heavy atom. The normalized spacial score (nSPS) is 11.8. The topological polar surface area (TPSA) is 81.4 Å². The lowest BCUT2D eigenvalue weighted by molar-refractivity contribution is -0.121. The first-order chi connectivity index (χ1) is 9.11. The average molecular weight is 284 g/mol. The van der Waals surface area contributed by atoms with Crippen LogP contribution in [0.2, 0.25) is 0 Å². The summed E-state index contributed by atoms with van der Waals surface area (Å²) in [5, 5.41) is 2.71. The van der Waals surface area contributed by atoms with Crippen LogP contribution in [0.4, 0.5) is 5.69 Å². The second-order valence-electron chi connectivity index (χ2n) is 3.95. The Morgan fingerprint density at radius 3 is 2.68 bits per heavy atom. The lowest BCUT2D eigenvalue weighted by Crippen LogP contribution is -2.29. The Balaban J connectivity index is 2.13. The molecule has 0 radical (unpaired) electrons. The van der Waals surface area contributed by atoms with Gasteiger partial charge in [-0.2, -0.15) is 0 Å². The molecule has 0 heterocycles. The molecule has 0 spiro atoms. The molecule has 1 atom stereocenters. The monoisotopic (exact) mass is 284 g/mol. The molecule has 0 aliphatic carbocycles. The molecular weight excluding hydrogens is 264 g/mol. The molecule has 0 saturated carbocycles. The maximum atomic E-state index is 11.4. The van der Waals surface area contributed by atoms with Gasteiger partial charge in [0.15, 0.2) is 0 Å². The van der Waals surface area contributed by atoms with Gasteiger partial charge in [0.25, 0.3) is 0 Å². The van der Waals surface area contributed by atoms with Crippen LogP contribution in [0.15, 0.2) is 24.3 Å². The van der Waals surface area contributed by atoms with Gasteiger partial charge in [-0.25, -0.2) is 0 Å². The van der Waals surface area contributed by atoms with Gasteiger partial charge in [0.2, 0.25) is 5.91 Å². The molecule has 3 N–H and O–H groups in total. The number of hydrogen-bond acceptors (Lipinski definition) is 4. The third kappa shape index (κ3) is 6.81. The van der Waals surface area contributed by atoms with Gasteiger partial charge in [0, 0.05) is 34.5 Å². The van der Waals surface area contributed by atoms with E-state index < -0.39 is 10.8 Å². The van der Waals surface area contributed by atoms with Gasteiger partial charge in [-0.3, -0.25) is 9.00 Å². The molecular formula is C13H20N2O3S. The summed E-state index contributed by atoms with van der Waals surface area (Å²) in [7, 11) is -0.839. The quantitative estimate of drug-likeness (QED) is 0.696. The molecule has 19 heavy (non-hydrogen) atoms. The third-order valence-corrected chi connectivity index (χ3v) is 3.76. The first kappa shape index (κ1) is 15.5. The van der Waals surface area contributed by atoms with Crippen LogP contribution in [0.25, 0.3) is 0 Å². The van der Waals surface area contributed by atoms with Gasteiger partial charge < -0.3 is 15.8 Å². The van der Waals surface area contributed by atoms with E-state index in [0.717, 1.165) is 0 Å². The predicted octanol–water partition coefficient (Wildman–Crippen LogP) is 0.922. The Morgan fingerprint density at radius 2 is 2.05 bits per heavy atom.